The van der Waals surface area contributed by atoms with Gasteiger partial charge in [-0.3, -0.25) is 4.90 Å². The van der Waals surface area contributed by atoms with Gasteiger partial charge in [0.05, 0.1) is 25.3 Å². The molecule has 2 aromatic carbocycles. The summed E-state index contributed by atoms with van der Waals surface area (Å²) in [5.41, 5.74) is 7.76. The zero-order valence-corrected chi connectivity index (χ0v) is 18.9. The van der Waals surface area contributed by atoms with Crippen LogP contribution in [0.4, 0.5) is 4.79 Å². The predicted molar refractivity (Wildman–Crippen MR) is 127 cm³/mol. The van der Waals surface area contributed by atoms with Gasteiger partial charge in [0.1, 0.15) is 6.61 Å². The van der Waals surface area contributed by atoms with Crippen molar-refractivity contribution in [3.05, 3.63) is 83.0 Å². The van der Waals surface area contributed by atoms with Crippen LogP contribution in [0.2, 0.25) is 0 Å². The highest BCUT2D eigenvalue weighted by molar-refractivity contribution is 5.79. The molecule has 32 heavy (non-hydrogen) atoms. The Morgan fingerprint density at radius 1 is 1.06 bits per heavy atom. The van der Waals surface area contributed by atoms with Gasteiger partial charge in [0.25, 0.3) is 0 Å². The van der Waals surface area contributed by atoms with E-state index in [1.54, 1.807) is 0 Å². The molecule has 1 amide bonds. The zero-order valence-electron chi connectivity index (χ0n) is 18.9. The van der Waals surface area contributed by atoms with E-state index in [1.807, 2.05) is 4.90 Å². The van der Waals surface area contributed by atoms with E-state index >= 15 is 0 Å². The second-order valence-electron chi connectivity index (χ2n) is 9.32. The van der Waals surface area contributed by atoms with Crippen LogP contribution in [0.1, 0.15) is 50.2 Å². The first-order valence-corrected chi connectivity index (χ1v) is 11.7. The van der Waals surface area contributed by atoms with Crippen LogP contribution in [-0.2, 0) is 9.47 Å². The van der Waals surface area contributed by atoms with Gasteiger partial charge in [-0.15, -0.1) is 0 Å². The van der Waals surface area contributed by atoms with Gasteiger partial charge in [-0.2, -0.15) is 0 Å². The number of hydrogen-bond acceptors (Lipinski definition) is 3. The standard InChI is InChI=1S/C28H31NO3/c1-19(2)8-7-9-20-14-21-16-31-17-22(15-20)29(21)28(30)32-18-27-25-12-5-3-10-23(25)24-11-4-6-13-26(24)27/h3-6,8,10-14,21-22,27H,7,9,15-18H2,1-2H3. The molecule has 2 atom stereocenters. The van der Waals surface area contributed by atoms with Crippen LogP contribution < -0.4 is 0 Å². The van der Waals surface area contributed by atoms with Gasteiger partial charge in [-0.1, -0.05) is 71.8 Å². The molecular formula is C28H31NO3. The number of ether oxygens (including phenoxy) is 2. The number of amides is 1. The van der Waals surface area contributed by atoms with Gasteiger partial charge in [0.2, 0.25) is 0 Å². The average Bonchev–Trinajstić information content (AvgIpc) is 3.10. The number of allylic oxidation sites excluding steroid dienone is 2. The summed E-state index contributed by atoms with van der Waals surface area (Å²) in [7, 11) is 0. The first kappa shape index (κ1) is 21.0. The van der Waals surface area contributed by atoms with Crippen LogP contribution in [0.3, 0.4) is 0 Å². The van der Waals surface area contributed by atoms with Crippen LogP contribution in [0, 0.1) is 0 Å². The molecule has 0 aromatic heterocycles. The minimum atomic E-state index is -0.218. The maximum atomic E-state index is 13.2. The molecule has 166 valence electrons. The SMILES string of the molecule is CC(C)=CCCC1=CC2COCC(C1)N2C(=O)OCC1c2ccccc2-c2ccccc21. The maximum absolute atomic E-state index is 13.2. The normalized spacial score (nSPS) is 21.4. The van der Waals surface area contributed by atoms with Gasteiger partial charge < -0.3 is 9.47 Å². The zero-order chi connectivity index (χ0) is 22.1. The highest BCUT2D eigenvalue weighted by Crippen LogP contribution is 2.44. The monoisotopic (exact) mass is 429 g/mol. The summed E-state index contributed by atoms with van der Waals surface area (Å²) in [6.45, 7) is 5.77. The second kappa shape index (κ2) is 8.95. The molecule has 2 aliphatic heterocycles. The van der Waals surface area contributed by atoms with Crippen molar-refractivity contribution in [2.24, 2.45) is 0 Å². The summed E-state index contributed by atoms with van der Waals surface area (Å²) in [6, 6.07) is 16.9. The van der Waals surface area contributed by atoms with Crippen molar-refractivity contribution in [2.45, 2.75) is 51.1 Å². The van der Waals surface area contributed by atoms with E-state index in [0.717, 1.165) is 19.3 Å². The number of nitrogens with zero attached hydrogens (tertiary/aromatic N) is 1. The van der Waals surface area contributed by atoms with E-state index in [-0.39, 0.29) is 24.1 Å². The third-order valence-corrected chi connectivity index (χ3v) is 6.84. The van der Waals surface area contributed by atoms with Crippen molar-refractivity contribution in [1.82, 2.24) is 4.90 Å². The molecule has 4 heteroatoms. The number of carbonyl (C=O) groups is 1. The van der Waals surface area contributed by atoms with Crippen molar-refractivity contribution in [3.63, 3.8) is 0 Å². The lowest BCUT2D eigenvalue weighted by molar-refractivity contribution is -0.0365. The Balaban J connectivity index is 1.29. The predicted octanol–water partition coefficient (Wildman–Crippen LogP) is 6.08. The average molecular weight is 430 g/mol. The molecule has 2 aromatic rings. The van der Waals surface area contributed by atoms with Crippen LogP contribution in [0.5, 0.6) is 0 Å². The topological polar surface area (TPSA) is 38.8 Å². The van der Waals surface area contributed by atoms with E-state index in [2.05, 4.69) is 74.5 Å². The number of hydrogen-bond donors (Lipinski definition) is 0. The molecule has 5 rings (SSSR count). The first-order chi connectivity index (χ1) is 15.6. The van der Waals surface area contributed by atoms with Crippen LogP contribution in [-0.4, -0.2) is 42.9 Å². The third-order valence-electron chi connectivity index (χ3n) is 6.84. The smallest absolute Gasteiger partial charge is 0.410 e. The number of rotatable bonds is 5. The van der Waals surface area contributed by atoms with Crippen molar-refractivity contribution in [1.29, 1.82) is 0 Å². The summed E-state index contributed by atoms with van der Waals surface area (Å²) in [5.74, 6) is 0.0856. The van der Waals surface area contributed by atoms with E-state index in [0.29, 0.717) is 19.8 Å². The van der Waals surface area contributed by atoms with Crippen LogP contribution in [0.25, 0.3) is 11.1 Å². The fraction of sp³-hybridized carbons (Fsp3) is 0.393. The molecule has 3 aliphatic rings. The van der Waals surface area contributed by atoms with E-state index in [4.69, 9.17) is 9.47 Å². The molecule has 1 saturated heterocycles. The van der Waals surface area contributed by atoms with E-state index in [1.165, 1.54) is 33.4 Å². The van der Waals surface area contributed by atoms with Crippen molar-refractivity contribution in [2.75, 3.05) is 19.8 Å². The Hall–Kier alpha value is -2.85. The Kier molecular flexibility index (Phi) is 5.88. The van der Waals surface area contributed by atoms with E-state index < -0.39 is 0 Å². The molecule has 1 aliphatic carbocycles. The molecule has 0 radical (unpaired) electrons. The van der Waals surface area contributed by atoms with Gasteiger partial charge in [0.15, 0.2) is 0 Å². The van der Waals surface area contributed by atoms with Crippen LogP contribution in [0.15, 0.2) is 71.8 Å². The number of morpholine rings is 1. The Morgan fingerprint density at radius 3 is 2.41 bits per heavy atom. The molecule has 2 heterocycles. The Bertz CT molecular complexity index is 1020. The molecule has 0 saturated carbocycles. The lowest BCUT2D eigenvalue weighted by Crippen LogP contribution is -2.56. The highest BCUT2D eigenvalue weighted by atomic mass is 16.6. The fourth-order valence-corrected chi connectivity index (χ4v) is 5.37. The molecule has 0 N–H and O–H groups in total. The molecule has 1 fully saturated rings. The van der Waals surface area contributed by atoms with Crippen molar-refractivity contribution in [3.8, 4) is 11.1 Å². The molecule has 2 bridgehead atoms. The number of carbonyl (C=O) groups excluding carboxylic acids is 1. The molecule has 2 unspecified atom stereocenters. The maximum Gasteiger partial charge on any atom is 0.410 e. The van der Waals surface area contributed by atoms with Gasteiger partial charge >= 0.3 is 6.09 Å². The van der Waals surface area contributed by atoms with E-state index in [9.17, 15) is 4.79 Å². The van der Waals surface area contributed by atoms with Gasteiger partial charge in [-0.05, 0) is 55.4 Å². The minimum Gasteiger partial charge on any atom is -0.448 e. The highest BCUT2D eigenvalue weighted by Gasteiger charge is 2.39. The summed E-state index contributed by atoms with van der Waals surface area (Å²) in [4.78, 5) is 15.1. The quantitative estimate of drug-likeness (QED) is 0.541. The van der Waals surface area contributed by atoms with Gasteiger partial charge in [-0.25, -0.2) is 4.79 Å². The van der Waals surface area contributed by atoms with Gasteiger partial charge in [0, 0.05) is 5.92 Å². The number of fused-ring (bicyclic) bond motifs is 5. The minimum absolute atomic E-state index is 0.0279. The lowest BCUT2D eigenvalue weighted by atomic mass is 9.91. The Labute approximate surface area is 190 Å². The van der Waals surface area contributed by atoms with Crippen molar-refractivity contribution >= 4 is 6.09 Å². The summed E-state index contributed by atoms with van der Waals surface area (Å²) in [6.07, 6.45) is 7.28. The molecule has 0 spiro atoms. The van der Waals surface area contributed by atoms with Crippen molar-refractivity contribution < 1.29 is 14.3 Å². The summed E-state index contributed by atoms with van der Waals surface area (Å²) >= 11 is 0. The second-order valence-corrected chi connectivity index (χ2v) is 9.32. The number of benzene rings is 2. The summed E-state index contributed by atoms with van der Waals surface area (Å²) < 4.78 is 11.7. The summed E-state index contributed by atoms with van der Waals surface area (Å²) in [5, 5.41) is 0. The lowest BCUT2D eigenvalue weighted by Gasteiger charge is -2.44. The Morgan fingerprint density at radius 2 is 1.75 bits per heavy atom. The van der Waals surface area contributed by atoms with Crippen LogP contribution >= 0.6 is 0 Å². The molecular weight excluding hydrogens is 398 g/mol. The fourth-order valence-electron chi connectivity index (χ4n) is 5.37. The first-order valence-electron chi connectivity index (χ1n) is 11.7. The molecule has 4 nitrogen and oxygen atoms in total. The third kappa shape index (κ3) is 4.00. The largest absolute Gasteiger partial charge is 0.448 e.